The summed E-state index contributed by atoms with van der Waals surface area (Å²) in [6, 6.07) is 11.4. The van der Waals surface area contributed by atoms with Crippen molar-refractivity contribution in [2.75, 3.05) is 19.0 Å². The lowest BCUT2D eigenvalue weighted by Crippen LogP contribution is -2.37. The Labute approximate surface area is 149 Å². The van der Waals surface area contributed by atoms with Crippen molar-refractivity contribution in [2.24, 2.45) is 0 Å². The Bertz CT molecular complexity index is 900. The van der Waals surface area contributed by atoms with Crippen LogP contribution in [0.2, 0.25) is 0 Å². The summed E-state index contributed by atoms with van der Waals surface area (Å²) in [6.07, 6.45) is 0. The first-order valence-electron chi connectivity index (χ1n) is 7.87. The van der Waals surface area contributed by atoms with Crippen LogP contribution in [-0.4, -0.2) is 42.2 Å². The maximum atomic E-state index is 12.4. The summed E-state index contributed by atoms with van der Waals surface area (Å²) in [5, 5.41) is 2.58. The minimum atomic E-state index is -0.588. The average Bonchev–Trinajstić information content (AvgIpc) is 2.86. The number of methoxy groups -OCH3 is 1. The highest BCUT2D eigenvalue weighted by Gasteiger charge is 2.36. The van der Waals surface area contributed by atoms with Crippen LogP contribution < -0.4 is 5.32 Å². The van der Waals surface area contributed by atoms with E-state index in [2.05, 4.69) is 5.32 Å². The average molecular weight is 352 g/mol. The quantitative estimate of drug-likeness (QED) is 0.671. The summed E-state index contributed by atoms with van der Waals surface area (Å²) in [5.41, 5.74) is 1.67. The second-order valence-corrected chi connectivity index (χ2v) is 5.78. The fourth-order valence-electron chi connectivity index (χ4n) is 2.86. The molecule has 0 bridgehead atoms. The number of fused-ring (bicyclic) bond motifs is 1. The number of carbonyl (C=O) groups excluding carboxylic acids is 4. The number of ether oxygens (including phenoxy) is 1. The zero-order valence-corrected chi connectivity index (χ0v) is 14.2. The molecule has 2 aromatic rings. The van der Waals surface area contributed by atoms with Gasteiger partial charge in [-0.3, -0.25) is 19.3 Å². The van der Waals surface area contributed by atoms with Crippen LogP contribution >= 0.6 is 0 Å². The number of carbonyl (C=O) groups is 4. The molecule has 132 valence electrons. The van der Waals surface area contributed by atoms with Crippen molar-refractivity contribution in [1.82, 2.24) is 4.90 Å². The maximum absolute atomic E-state index is 12.4. The number of imide groups is 1. The summed E-state index contributed by atoms with van der Waals surface area (Å²) >= 11 is 0. The number of nitrogens with one attached hydrogen (secondary N) is 1. The van der Waals surface area contributed by atoms with Crippen molar-refractivity contribution < 1.29 is 23.9 Å². The first kappa shape index (κ1) is 17.3. The molecule has 0 atom stereocenters. The van der Waals surface area contributed by atoms with Crippen LogP contribution in [0, 0.1) is 6.92 Å². The molecule has 1 N–H and O–H groups in total. The van der Waals surface area contributed by atoms with Gasteiger partial charge in [-0.25, -0.2) is 4.79 Å². The molecule has 7 heteroatoms. The third kappa shape index (κ3) is 2.95. The Morgan fingerprint density at radius 3 is 2.19 bits per heavy atom. The van der Waals surface area contributed by atoms with E-state index in [0.717, 1.165) is 4.90 Å². The van der Waals surface area contributed by atoms with Crippen LogP contribution in [0.15, 0.2) is 42.5 Å². The second-order valence-electron chi connectivity index (χ2n) is 5.78. The Morgan fingerprint density at radius 2 is 1.62 bits per heavy atom. The van der Waals surface area contributed by atoms with E-state index in [0.29, 0.717) is 5.56 Å². The fourth-order valence-corrected chi connectivity index (χ4v) is 2.86. The zero-order valence-electron chi connectivity index (χ0n) is 14.2. The maximum Gasteiger partial charge on any atom is 0.340 e. The Balaban J connectivity index is 1.79. The van der Waals surface area contributed by atoms with Crippen molar-refractivity contribution in [2.45, 2.75) is 6.92 Å². The standard InChI is InChI=1S/C19H16N2O5/c1-11-6-5-9-14(16(11)19(25)26-2)20-15(22)10-21-17(23)12-7-3-4-8-13(12)18(21)24/h3-9H,10H2,1-2H3,(H,20,22). The molecule has 0 fully saturated rings. The third-order valence-electron chi connectivity index (χ3n) is 4.12. The van der Waals surface area contributed by atoms with Crippen molar-refractivity contribution in [1.29, 1.82) is 0 Å². The lowest BCUT2D eigenvalue weighted by molar-refractivity contribution is -0.116. The van der Waals surface area contributed by atoms with Gasteiger partial charge < -0.3 is 10.1 Å². The number of esters is 1. The highest BCUT2D eigenvalue weighted by molar-refractivity contribution is 6.22. The molecule has 1 heterocycles. The minimum Gasteiger partial charge on any atom is -0.465 e. The van der Waals surface area contributed by atoms with E-state index in [1.807, 2.05) is 0 Å². The van der Waals surface area contributed by atoms with Gasteiger partial charge in [0.25, 0.3) is 11.8 Å². The van der Waals surface area contributed by atoms with Crippen LogP contribution in [0.25, 0.3) is 0 Å². The first-order valence-corrected chi connectivity index (χ1v) is 7.87. The van der Waals surface area contributed by atoms with Crippen LogP contribution in [0.3, 0.4) is 0 Å². The Kier molecular flexibility index (Phi) is 4.53. The predicted molar refractivity (Wildman–Crippen MR) is 93.0 cm³/mol. The monoisotopic (exact) mass is 352 g/mol. The van der Waals surface area contributed by atoms with E-state index in [9.17, 15) is 19.2 Å². The SMILES string of the molecule is COC(=O)c1c(C)cccc1NC(=O)CN1C(=O)c2ccccc2C1=O. The van der Waals surface area contributed by atoms with Crippen LogP contribution in [0.1, 0.15) is 36.6 Å². The van der Waals surface area contributed by atoms with Gasteiger partial charge in [-0.05, 0) is 30.7 Å². The molecule has 0 saturated heterocycles. The smallest absolute Gasteiger partial charge is 0.340 e. The van der Waals surface area contributed by atoms with E-state index < -0.39 is 30.2 Å². The predicted octanol–water partition coefficient (Wildman–Crippen LogP) is 2.02. The molecule has 0 unspecified atom stereocenters. The van der Waals surface area contributed by atoms with Gasteiger partial charge in [-0.15, -0.1) is 0 Å². The number of nitrogens with zero attached hydrogens (tertiary/aromatic N) is 1. The van der Waals surface area contributed by atoms with Crippen molar-refractivity contribution in [3.05, 3.63) is 64.7 Å². The number of benzene rings is 2. The number of rotatable bonds is 4. The van der Waals surface area contributed by atoms with E-state index in [4.69, 9.17) is 4.74 Å². The van der Waals surface area contributed by atoms with Crippen molar-refractivity contribution in [3.63, 3.8) is 0 Å². The molecule has 1 aliphatic rings. The van der Waals surface area contributed by atoms with Crippen LogP contribution in [0.4, 0.5) is 5.69 Å². The molecular weight excluding hydrogens is 336 g/mol. The van der Waals surface area contributed by atoms with E-state index in [1.165, 1.54) is 7.11 Å². The number of aryl methyl sites for hydroxylation is 1. The zero-order chi connectivity index (χ0) is 18.8. The molecule has 0 aromatic heterocycles. The number of amides is 3. The lowest BCUT2D eigenvalue weighted by atomic mass is 10.1. The van der Waals surface area contributed by atoms with Gasteiger partial charge in [0.15, 0.2) is 0 Å². The summed E-state index contributed by atoms with van der Waals surface area (Å²) in [5.74, 6) is -2.20. The molecule has 7 nitrogen and oxygen atoms in total. The van der Waals surface area contributed by atoms with E-state index in [1.54, 1.807) is 49.4 Å². The highest BCUT2D eigenvalue weighted by Crippen LogP contribution is 2.23. The second kappa shape index (κ2) is 6.79. The van der Waals surface area contributed by atoms with Gasteiger partial charge in [-0.2, -0.15) is 0 Å². The number of anilines is 1. The van der Waals surface area contributed by atoms with Crippen LogP contribution in [0.5, 0.6) is 0 Å². The largest absolute Gasteiger partial charge is 0.465 e. The first-order chi connectivity index (χ1) is 12.4. The number of hydrogen-bond acceptors (Lipinski definition) is 5. The van der Waals surface area contributed by atoms with Crippen LogP contribution in [-0.2, 0) is 9.53 Å². The molecule has 0 spiro atoms. The van der Waals surface area contributed by atoms with Gasteiger partial charge in [0.1, 0.15) is 6.54 Å². The normalized spacial score (nSPS) is 12.8. The summed E-state index contributed by atoms with van der Waals surface area (Å²) in [4.78, 5) is 49.8. The van der Waals surface area contributed by atoms with Gasteiger partial charge in [0, 0.05) is 0 Å². The van der Waals surface area contributed by atoms with Gasteiger partial charge in [0.2, 0.25) is 5.91 Å². The fraction of sp³-hybridized carbons (Fsp3) is 0.158. The van der Waals surface area contributed by atoms with E-state index >= 15 is 0 Å². The molecule has 1 aliphatic heterocycles. The molecule has 0 radical (unpaired) electrons. The van der Waals surface area contributed by atoms with Gasteiger partial charge >= 0.3 is 5.97 Å². The number of hydrogen-bond donors (Lipinski definition) is 1. The topological polar surface area (TPSA) is 92.8 Å². The summed E-state index contributed by atoms with van der Waals surface area (Å²) in [7, 11) is 1.25. The van der Waals surface area contributed by atoms with Gasteiger partial charge in [0.05, 0.1) is 29.5 Å². The molecule has 26 heavy (non-hydrogen) atoms. The molecule has 0 saturated carbocycles. The van der Waals surface area contributed by atoms with Gasteiger partial charge in [-0.1, -0.05) is 24.3 Å². The van der Waals surface area contributed by atoms with Crippen molar-refractivity contribution >= 4 is 29.4 Å². The van der Waals surface area contributed by atoms with Crippen molar-refractivity contribution in [3.8, 4) is 0 Å². The molecular formula is C19H16N2O5. The minimum absolute atomic E-state index is 0.228. The van der Waals surface area contributed by atoms with E-state index in [-0.39, 0.29) is 22.4 Å². The Morgan fingerprint density at radius 1 is 1.00 bits per heavy atom. The Hall–Kier alpha value is -3.48. The molecule has 0 aliphatic carbocycles. The lowest BCUT2D eigenvalue weighted by Gasteiger charge is -2.15. The highest BCUT2D eigenvalue weighted by atomic mass is 16.5. The summed E-state index contributed by atoms with van der Waals surface area (Å²) < 4.78 is 4.74. The summed E-state index contributed by atoms with van der Waals surface area (Å²) in [6.45, 7) is 1.27. The molecule has 2 aromatic carbocycles. The molecule has 3 amide bonds. The third-order valence-corrected chi connectivity index (χ3v) is 4.12. The molecule has 3 rings (SSSR count).